The van der Waals surface area contributed by atoms with E-state index >= 15 is 0 Å². The molecule has 2 atom stereocenters. The molecule has 15 heavy (non-hydrogen) atoms. The topological polar surface area (TPSA) is 60.2 Å². The zero-order valence-electron chi connectivity index (χ0n) is 9.49. The Morgan fingerprint density at radius 1 is 1.67 bits per heavy atom. The molecule has 0 saturated carbocycles. The Labute approximate surface area is 94.8 Å². The maximum Gasteiger partial charge on any atom is 0.0945 e. The molecule has 0 spiro atoms. The summed E-state index contributed by atoms with van der Waals surface area (Å²) >= 11 is 1.67. The van der Waals surface area contributed by atoms with Gasteiger partial charge in [0.2, 0.25) is 0 Å². The van der Waals surface area contributed by atoms with Crippen LogP contribution in [0.15, 0.2) is 5.38 Å². The number of aryl methyl sites for hydroxylation is 1. The van der Waals surface area contributed by atoms with E-state index in [4.69, 9.17) is 10.6 Å². The first kappa shape index (κ1) is 12.6. The largest absolute Gasteiger partial charge is 0.377 e. The molecule has 1 aromatic rings. The lowest BCUT2D eigenvalue weighted by Crippen LogP contribution is -2.45. The molecule has 1 heterocycles. The number of nitrogens with zero attached hydrogens (tertiary/aromatic N) is 1. The molecule has 1 aromatic heterocycles. The molecule has 0 aliphatic carbocycles. The Morgan fingerprint density at radius 3 is 2.87 bits per heavy atom. The van der Waals surface area contributed by atoms with Gasteiger partial charge in [-0.25, -0.2) is 4.98 Å². The maximum atomic E-state index is 5.51. The van der Waals surface area contributed by atoms with Gasteiger partial charge in [0.05, 0.1) is 17.2 Å². The van der Waals surface area contributed by atoms with Crippen molar-refractivity contribution in [3.8, 4) is 0 Å². The molecule has 0 amide bonds. The Hall–Kier alpha value is -0.490. The molecule has 2 unspecified atom stereocenters. The summed E-state index contributed by atoms with van der Waals surface area (Å²) in [5.41, 5.74) is 3.85. The van der Waals surface area contributed by atoms with Crippen molar-refractivity contribution in [2.24, 2.45) is 5.84 Å². The van der Waals surface area contributed by atoms with Crippen molar-refractivity contribution in [2.75, 3.05) is 6.61 Å². The lowest BCUT2D eigenvalue weighted by Gasteiger charge is -2.22. The van der Waals surface area contributed by atoms with Crippen molar-refractivity contribution in [3.63, 3.8) is 0 Å². The second-order valence-electron chi connectivity index (χ2n) is 3.52. The fourth-order valence-corrected chi connectivity index (χ4v) is 2.26. The van der Waals surface area contributed by atoms with Crippen LogP contribution in [0.4, 0.5) is 0 Å². The average molecular weight is 229 g/mol. The summed E-state index contributed by atoms with van der Waals surface area (Å²) in [5, 5.41) is 3.15. The van der Waals surface area contributed by atoms with E-state index in [-0.39, 0.29) is 12.1 Å². The molecule has 0 radical (unpaired) electrons. The van der Waals surface area contributed by atoms with Crippen molar-refractivity contribution in [1.29, 1.82) is 0 Å². The Bertz CT molecular complexity index is 290. The third kappa shape index (κ3) is 3.87. The van der Waals surface area contributed by atoms with Crippen LogP contribution in [0.2, 0.25) is 0 Å². The predicted molar refractivity (Wildman–Crippen MR) is 62.8 cm³/mol. The van der Waals surface area contributed by atoms with E-state index in [1.165, 1.54) is 0 Å². The molecule has 0 aromatic carbocycles. The lowest BCUT2D eigenvalue weighted by molar-refractivity contribution is 0.0476. The van der Waals surface area contributed by atoms with Crippen molar-refractivity contribution in [2.45, 2.75) is 39.3 Å². The van der Waals surface area contributed by atoms with Crippen molar-refractivity contribution in [1.82, 2.24) is 10.4 Å². The van der Waals surface area contributed by atoms with Crippen LogP contribution < -0.4 is 11.3 Å². The zero-order chi connectivity index (χ0) is 11.3. The number of hydrogen-bond donors (Lipinski definition) is 2. The molecular formula is C10H19N3OS. The molecule has 0 aliphatic heterocycles. The van der Waals surface area contributed by atoms with Gasteiger partial charge in [-0.15, -0.1) is 11.3 Å². The number of thiazole rings is 1. The van der Waals surface area contributed by atoms with Crippen molar-refractivity contribution < 1.29 is 4.74 Å². The molecule has 1 rings (SSSR count). The number of aromatic nitrogens is 1. The van der Waals surface area contributed by atoms with Gasteiger partial charge in [-0.1, -0.05) is 0 Å². The number of nitrogens with one attached hydrogen (secondary N) is 1. The number of rotatable bonds is 6. The van der Waals surface area contributed by atoms with E-state index in [9.17, 15) is 0 Å². The monoisotopic (exact) mass is 229 g/mol. The van der Waals surface area contributed by atoms with Gasteiger partial charge < -0.3 is 4.74 Å². The molecule has 86 valence electrons. The van der Waals surface area contributed by atoms with Gasteiger partial charge in [-0.05, 0) is 20.8 Å². The number of nitrogens with two attached hydrogens (primary N) is 1. The third-order valence-electron chi connectivity index (χ3n) is 2.27. The van der Waals surface area contributed by atoms with Gasteiger partial charge in [0.25, 0.3) is 0 Å². The number of hydrazine groups is 1. The van der Waals surface area contributed by atoms with Crippen LogP contribution >= 0.6 is 11.3 Å². The molecule has 0 saturated heterocycles. The van der Waals surface area contributed by atoms with Crippen LogP contribution in [-0.4, -0.2) is 23.7 Å². The van der Waals surface area contributed by atoms with Gasteiger partial charge in [-0.3, -0.25) is 11.3 Å². The minimum absolute atomic E-state index is 0.101. The van der Waals surface area contributed by atoms with E-state index in [1.807, 2.05) is 26.2 Å². The van der Waals surface area contributed by atoms with Crippen LogP contribution in [0.25, 0.3) is 0 Å². The smallest absolute Gasteiger partial charge is 0.0945 e. The highest BCUT2D eigenvalue weighted by molar-refractivity contribution is 7.09. The Morgan fingerprint density at radius 2 is 2.40 bits per heavy atom. The van der Waals surface area contributed by atoms with E-state index in [1.54, 1.807) is 11.3 Å². The Kier molecular flexibility index (Phi) is 5.17. The van der Waals surface area contributed by atoms with E-state index < -0.39 is 0 Å². The van der Waals surface area contributed by atoms with Crippen LogP contribution in [0.5, 0.6) is 0 Å². The summed E-state index contributed by atoms with van der Waals surface area (Å²) in [6.07, 6.45) is 0.917. The normalized spacial score (nSPS) is 15.2. The second-order valence-corrected chi connectivity index (χ2v) is 4.46. The summed E-state index contributed by atoms with van der Waals surface area (Å²) in [6.45, 7) is 6.71. The SMILES string of the molecule is CCOC(C)C(Cc1nc(C)cs1)NN. The molecule has 4 nitrogen and oxygen atoms in total. The highest BCUT2D eigenvalue weighted by Gasteiger charge is 2.17. The number of ether oxygens (including phenoxy) is 1. The summed E-state index contributed by atoms with van der Waals surface area (Å²) in [4.78, 5) is 4.41. The van der Waals surface area contributed by atoms with E-state index in [2.05, 4.69) is 10.4 Å². The fourth-order valence-electron chi connectivity index (χ4n) is 1.42. The molecule has 3 N–H and O–H groups in total. The minimum atomic E-state index is 0.101. The standard InChI is InChI=1S/C10H19N3OS/c1-4-14-8(3)9(13-11)5-10-12-7(2)6-15-10/h6,8-9,13H,4-5,11H2,1-3H3. The first-order valence-corrected chi connectivity index (χ1v) is 6.04. The van der Waals surface area contributed by atoms with E-state index in [0.29, 0.717) is 6.61 Å². The predicted octanol–water partition coefficient (Wildman–Crippen LogP) is 1.25. The van der Waals surface area contributed by atoms with Crippen LogP contribution in [-0.2, 0) is 11.2 Å². The fraction of sp³-hybridized carbons (Fsp3) is 0.700. The molecule has 5 heteroatoms. The lowest BCUT2D eigenvalue weighted by atomic mass is 10.1. The summed E-state index contributed by atoms with van der Waals surface area (Å²) in [7, 11) is 0. The van der Waals surface area contributed by atoms with Crippen LogP contribution in [0.3, 0.4) is 0 Å². The van der Waals surface area contributed by atoms with Crippen LogP contribution in [0.1, 0.15) is 24.5 Å². The summed E-state index contributed by atoms with van der Waals surface area (Å²) in [6, 6.07) is 0.121. The first-order valence-electron chi connectivity index (χ1n) is 5.16. The van der Waals surface area contributed by atoms with Gasteiger partial charge in [0, 0.05) is 24.1 Å². The number of hydrogen-bond acceptors (Lipinski definition) is 5. The van der Waals surface area contributed by atoms with Gasteiger partial charge in [0.15, 0.2) is 0 Å². The second kappa shape index (κ2) is 6.17. The van der Waals surface area contributed by atoms with Gasteiger partial charge in [-0.2, -0.15) is 0 Å². The van der Waals surface area contributed by atoms with Crippen LogP contribution in [0, 0.1) is 6.92 Å². The van der Waals surface area contributed by atoms with Gasteiger partial charge >= 0.3 is 0 Å². The highest BCUT2D eigenvalue weighted by atomic mass is 32.1. The minimum Gasteiger partial charge on any atom is -0.377 e. The van der Waals surface area contributed by atoms with Gasteiger partial charge in [0.1, 0.15) is 0 Å². The molecule has 0 bridgehead atoms. The maximum absolute atomic E-state index is 5.51. The third-order valence-corrected chi connectivity index (χ3v) is 3.26. The first-order chi connectivity index (χ1) is 7.17. The van der Waals surface area contributed by atoms with Crippen molar-refractivity contribution >= 4 is 11.3 Å². The Balaban J connectivity index is 2.53. The van der Waals surface area contributed by atoms with E-state index in [0.717, 1.165) is 17.1 Å². The summed E-state index contributed by atoms with van der Waals surface area (Å²) in [5.74, 6) is 5.51. The quantitative estimate of drug-likeness (QED) is 0.569. The highest BCUT2D eigenvalue weighted by Crippen LogP contribution is 2.13. The van der Waals surface area contributed by atoms with Crippen molar-refractivity contribution in [3.05, 3.63) is 16.1 Å². The average Bonchev–Trinajstić information content (AvgIpc) is 2.61. The molecule has 0 fully saturated rings. The molecular weight excluding hydrogens is 210 g/mol. The summed E-state index contributed by atoms with van der Waals surface area (Å²) < 4.78 is 5.51. The molecule has 0 aliphatic rings. The zero-order valence-corrected chi connectivity index (χ0v) is 10.3.